The van der Waals surface area contributed by atoms with Gasteiger partial charge < -0.3 is 14.2 Å². The number of hydrogen-bond donors (Lipinski definition) is 0. The molecule has 10 heteroatoms. The lowest BCUT2D eigenvalue weighted by Gasteiger charge is -2.35. The molecule has 1 aliphatic heterocycles. The molecule has 1 aromatic carbocycles. The van der Waals surface area contributed by atoms with Gasteiger partial charge in [0.15, 0.2) is 10.1 Å². The third-order valence-electron chi connectivity index (χ3n) is 5.34. The highest BCUT2D eigenvalue weighted by Crippen LogP contribution is 2.34. The van der Waals surface area contributed by atoms with Crippen LogP contribution in [-0.2, 0) is 5.75 Å². The Kier molecular flexibility index (Phi) is 6.03. The molecule has 1 aliphatic rings. The fraction of sp³-hybridized carbons (Fsp3) is 0.273. The average Bonchev–Trinajstić information content (AvgIpc) is 3.41. The summed E-state index contributed by atoms with van der Waals surface area (Å²) >= 11 is 9.07. The number of rotatable bonds is 5. The van der Waals surface area contributed by atoms with E-state index in [9.17, 15) is 4.79 Å². The van der Waals surface area contributed by atoms with E-state index in [2.05, 4.69) is 20.1 Å². The highest BCUT2D eigenvalue weighted by Gasteiger charge is 2.28. The van der Waals surface area contributed by atoms with Gasteiger partial charge in [-0.25, -0.2) is 4.98 Å². The number of thioether (sulfide) groups is 1. The average molecular weight is 486 g/mol. The summed E-state index contributed by atoms with van der Waals surface area (Å²) in [5.41, 5.74) is 1.63. The zero-order chi connectivity index (χ0) is 22.1. The first-order valence-corrected chi connectivity index (χ1v) is 12.4. The Labute approximate surface area is 198 Å². The van der Waals surface area contributed by atoms with Gasteiger partial charge >= 0.3 is 0 Å². The molecule has 5 rings (SSSR count). The number of carbonyl (C=O) groups is 1. The van der Waals surface area contributed by atoms with E-state index in [0.29, 0.717) is 42.7 Å². The number of benzene rings is 1. The van der Waals surface area contributed by atoms with Crippen LogP contribution in [0.25, 0.3) is 11.0 Å². The maximum atomic E-state index is 13.4. The summed E-state index contributed by atoms with van der Waals surface area (Å²) in [5.74, 6) is 1.81. The minimum absolute atomic E-state index is 0.0750. The molecule has 0 bridgehead atoms. The molecule has 0 unspecified atom stereocenters. The molecule has 0 spiro atoms. The minimum atomic E-state index is -0.0750. The number of furan rings is 1. The molecule has 3 aromatic heterocycles. The molecule has 0 saturated carbocycles. The van der Waals surface area contributed by atoms with Gasteiger partial charge in [-0.1, -0.05) is 52.9 Å². The second-order valence-electron chi connectivity index (χ2n) is 7.40. The van der Waals surface area contributed by atoms with Crippen LogP contribution < -0.4 is 4.90 Å². The molecule has 164 valence electrons. The summed E-state index contributed by atoms with van der Waals surface area (Å²) in [6.07, 6.45) is 1.65. The van der Waals surface area contributed by atoms with Crippen LogP contribution in [0.2, 0.25) is 5.02 Å². The smallest absolute Gasteiger partial charge is 0.290 e. The zero-order valence-electron chi connectivity index (χ0n) is 17.3. The standard InChI is InChI=1S/C22H20ClN5O2S2/c1-14-25-26-22(32-14)31-13-17-16-4-2-3-5-18(16)30-20(17)21(29)28-10-8-27(9-11-28)19-7-6-15(23)12-24-19/h2-7,12H,8-11,13H2,1H3. The quantitative estimate of drug-likeness (QED) is 0.372. The molecular formula is C22H20ClN5O2S2. The molecule has 1 saturated heterocycles. The highest BCUT2D eigenvalue weighted by atomic mass is 35.5. The number of aromatic nitrogens is 3. The van der Waals surface area contributed by atoms with Gasteiger partial charge in [-0.3, -0.25) is 4.79 Å². The molecule has 7 nitrogen and oxygen atoms in total. The van der Waals surface area contributed by atoms with Gasteiger partial charge in [0, 0.05) is 49.1 Å². The van der Waals surface area contributed by atoms with Crippen LogP contribution in [-0.4, -0.2) is 52.2 Å². The maximum absolute atomic E-state index is 13.4. The van der Waals surface area contributed by atoms with E-state index in [1.54, 1.807) is 29.3 Å². The van der Waals surface area contributed by atoms with E-state index in [1.807, 2.05) is 48.2 Å². The van der Waals surface area contributed by atoms with Crippen LogP contribution in [0.1, 0.15) is 21.1 Å². The first-order valence-electron chi connectivity index (χ1n) is 10.2. The molecule has 0 atom stereocenters. The molecule has 0 aliphatic carbocycles. The van der Waals surface area contributed by atoms with Crippen molar-refractivity contribution in [3.8, 4) is 0 Å². The van der Waals surface area contributed by atoms with E-state index in [1.165, 1.54) is 0 Å². The van der Waals surface area contributed by atoms with Crippen molar-refractivity contribution >= 4 is 57.4 Å². The number of carbonyl (C=O) groups excluding carboxylic acids is 1. The number of para-hydroxylation sites is 1. The van der Waals surface area contributed by atoms with E-state index < -0.39 is 0 Å². The van der Waals surface area contributed by atoms with E-state index in [-0.39, 0.29) is 5.91 Å². The largest absolute Gasteiger partial charge is 0.451 e. The number of piperazine rings is 1. The van der Waals surface area contributed by atoms with Crippen molar-refractivity contribution in [1.29, 1.82) is 0 Å². The summed E-state index contributed by atoms with van der Waals surface area (Å²) < 4.78 is 6.94. The normalized spacial score (nSPS) is 14.3. The van der Waals surface area contributed by atoms with Gasteiger partial charge in [-0.15, -0.1) is 10.2 Å². The Bertz CT molecular complexity index is 1250. The van der Waals surface area contributed by atoms with Crippen molar-refractivity contribution < 1.29 is 9.21 Å². The highest BCUT2D eigenvalue weighted by molar-refractivity contribution is 8.00. The Morgan fingerprint density at radius 3 is 2.69 bits per heavy atom. The van der Waals surface area contributed by atoms with Gasteiger partial charge in [0.2, 0.25) is 0 Å². The predicted octanol–water partition coefficient (Wildman–Crippen LogP) is 4.90. The van der Waals surface area contributed by atoms with Crippen molar-refractivity contribution in [3.63, 3.8) is 0 Å². The first kappa shape index (κ1) is 21.2. The number of aryl methyl sites for hydroxylation is 1. The van der Waals surface area contributed by atoms with Crippen molar-refractivity contribution in [3.05, 3.63) is 63.9 Å². The lowest BCUT2D eigenvalue weighted by atomic mass is 10.1. The first-order chi connectivity index (χ1) is 15.6. The molecule has 0 N–H and O–H groups in total. The van der Waals surface area contributed by atoms with E-state index in [4.69, 9.17) is 16.0 Å². The lowest BCUT2D eigenvalue weighted by molar-refractivity contribution is 0.0715. The van der Waals surface area contributed by atoms with Crippen molar-refractivity contribution in [2.24, 2.45) is 0 Å². The van der Waals surface area contributed by atoms with Crippen LogP contribution in [0.15, 0.2) is 51.4 Å². The fourth-order valence-corrected chi connectivity index (χ4v) is 5.68. The molecule has 4 heterocycles. The van der Waals surface area contributed by atoms with Gasteiger partial charge in [0.25, 0.3) is 5.91 Å². The molecule has 1 amide bonds. The second kappa shape index (κ2) is 9.09. The van der Waals surface area contributed by atoms with Crippen molar-refractivity contribution in [1.82, 2.24) is 20.1 Å². The number of amides is 1. The predicted molar refractivity (Wildman–Crippen MR) is 128 cm³/mol. The molecule has 1 fully saturated rings. The Morgan fingerprint density at radius 2 is 1.97 bits per heavy atom. The monoisotopic (exact) mass is 485 g/mol. The molecule has 0 radical (unpaired) electrons. The van der Waals surface area contributed by atoms with Crippen LogP contribution in [0.5, 0.6) is 0 Å². The minimum Gasteiger partial charge on any atom is -0.451 e. The molecular weight excluding hydrogens is 466 g/mol. The number of hydrogen-bond acceptors (Lipinski definition) is 8. The Balaban J connectivity index is 1.34. The fourth-order valence-electron chi connectivity index (χ4n) is 3.72. The number of fused-ring (bicyclic) bond motifs is 1. The zero-order valence-corrected chi connectivity index (χ0v) is 19.7. The van der Waals surface area contributed by atoms with Crippen LogP contribution in [0, 0.1) is 6.92 Å². The van der Waals surface area contributed by atoms with E-state index >= 15 is 0 Å². The molecule has 32 heavy (non-hydrogen) atoms. The third-order valence-corrected chi connectivity index (χ3v) is 7.56. The van der Waals surface area contributed by atoms with Crippen LogP contribution >= 0.6 is 34.7 Å². The summed E-state index contributed by atoms with van der Waals surface area (Å²) in [4.78, 5) is 21.8. The van der Waals surface area contributed by atoms with Crippen LogP contribution in [0.4, 0.5) is 5.82 Å². The summed E-state index contributed by atoms with van der Waals surface area (Å²) in [7, 11) is 0. The topological polar surface area (TPSA) is 75.4 Å². The Morgan fingerprint density at radius 1 is 1.16 bits per heavy atom. The van der Waals surface area contributed by atoms with E-state index in [0.717, 1.165) is 31.7 Å². The summed E-state index contributed by atoms with van der Waals surface area (Å²) in [6, 6.07) is 11.5. The van der Waals surface area contributed by atoms with Gasteiger partial charge in [-0.2, -0.15) is 0 Å². The Hall–Kier alpha value is -2.62. The maximum Gasteiger partial charge on any atom is 0.290 e. The summed E-state index contributed by atoms with van der Waals surface area (Å²) in [5, 5.41) is 10.8. The van der Waals surface area contributed by atoms with Gasteiger partial charge in [0.05, 0.1) is 5.02 Å². The SMILES string of the molecule is Cc1nnc(SCc2c(C(=O)N3CCN(c4ccc(Cl)cn4)CC3)oc3ccccc23)s1. The van der Waals surface area contributed by atoms with Gasteiger partial charge in [-0.05, 0) is 25.1 Å². The van der Waals surface area contributed by atoms with Crippen LogP contribution in [0.3, 0.4) is 0 Å². The number of pyridine rings is 1. The second-order valence-corrected chi connectivity index (χ2v) is 10.2. The number of anilines is 1. The third kappa shape index (κ3) is 4.32. The number of halogens is 1. The lowest BCUT2D eigenvalue weighted by Crippen LogP contribution is -2.49. The molecule has 4 aromatic rings. The van der Waals surface area contributed by atoms with Crippen molar-refractivity contribution in [2.45, 2.75) is 17.0 Å². The summed E-state index contributed by atoms with van der Waals surface area (Å²) in [6.45, 7) is 4.54. The van der Waals surface area contributed by atoms with Gasteiger partial charge in [0.1, 0.15) is 16.4 Å². The number of nitrogens with zero attached hydrogens (tertiary/aromatic N) is 5. The van der Waals surface area contributed by atoms with Crippen molar-refractivity contribution in [2.75, 3.05) is 31.1 Å².